The largest absolute Gasteiger partial charge is 0.481 e. The average Bonchev–Trinajstić information content (AvgIpc) is 2.29. The third-order valence-electron chi connectivity index (χ3n) is 2.22. The van der Waals surface area contributed by atoms with Gasteiger partial charge < -0.3 is 4.74 Å². The average molecular weight is 200 g/mol. The van der Waals surface area contributed by atoms with Gasteiger partial charge in [0.15, 0.2) is 0 Å². The molecule has 0 spiro atoms. The summed E-state index contributed by atoms with van der Waals surface area (Å²) in [7, 11) is 1.61. The summed E-state index contributed by atoms with van der Waals surface area (Å²) < 4.78 is 5.09. The molecule has 0 saturated heterocycles. The predicted octanol–water partition coefficient (Wildman–Crippen LogP) is 2.37. The Morgan fingerprint density at radius 3 is 3.00 bits per heavy atom. The number of fused-ring (bicyclic) bond motifs is 1. The molecule has 0 amide bonds. The van der Waals surface area contributed by atoms with Gasteiger partial charge in [-0.3, -0.25) is 4.98 Å². The third-order valence-corrected chi connectivity index (χ3v) is 2.22. The van der Waals surface area contributed by atoms with Gasteiger partial charge in [-0.2, -0.15) is 0 Å². The Balaban J connectivity index is 2.64. The van der Waals surface area contributed by atoms with Gasteiger partial charge in [-0.1, -0.05) is 6.08 Å². The first-order chi connectivity index (χ1) is 7.35. The van der Waals surface area contributed by atoms with E-state index in [-0.39, 0.29) is 0 Å². The molecule has 0 N–H and O–H groups in total. The van der Waals surface area contributed by atoms with E-state index in [1.165, 1.54) is 0 Å². The van der Waals surface area contributed by atoms with Crippen molar-refractivity contribution in [3.8, 4) is 5.88 Å². The quantitative estimate of drug-likeness (QED) is 0.713. The predicted molar refractivity (Wildman–Crippen MR) is 60.0 cm³/mol. The van der Waals surface area contributed by atoms with Crippen molar-refractivity contribution in [1.82, 2.24) is 9.97 Å². The van der Waals surface area contributed by atoms with E-state index < -0.39 is 0 Å². The van der Waals surface area contributed by atoms with Crippen LogP contribution in [0, 0.1) is 0 Å². The molecule has 0 aliphatic rings. The minimum Gasteiger partial charge on any atom is -0.481 e. The first kappa shape index (κ1) is 9.65. The number of methoxy groups -OCH3 is 1. The van der Waals surface area contributed by atoms with E-state index in [0.717, 1.165) is 23.0 Å². The monoisotopic (exact) mass is 200 g/mol. The molecule has 0 unspecified atom stereocenters. The van der Waals surface area contributed by atoms with Gasteiger partial charge in [0.25, 0.3) is 0 Å². The van der Waals surface area contributed by atoms with Crippen molar-refractivity contribution < 1.29 is 4.74 Å². The topological polar surface area (TPSA) is 35.0 Å². The number of hydrogen-bond acceptors (Lipinski definition) is 3. The van der Waals surface area contributed by atoms with Crippen molar-refractivity contribution in [2.75, 3.05) is 7.11 Å². The minimum absolute atomic E-state index is 0.612. The molecule has 0 aliphatic heterocycles. The summed E-state index contributed by atoms with van der Waals surface area (Å²) in [6.45, 7) is 3.73. The van der Waals surface area contributed by atoms with Crippen molar-refractivity contribution in [3.05, 3.63) is 42.6 Å². The van der Waals surface area contributed by atoms with Crippen LogP contribution in [0.25, 0.3) is 11.0 Å². The highest BCUT2D eigenvalue weighted by atomic mass is 16.5. The number of hydrogen-bond donors (Lipinski definition) is 0. The lowest BCUT2D eigenvalue weighted by Gasteiger charge is -2.04. The van der Waals surface area contributed by atoms with Crippen molar-refractivity contribution in [1.29, 1.82) is 0 Å². The summed E-state index contributed by atoms with van der Waals surface area (Å²) in [6.07, 6.45) is 4.43. The molecule has 2 rings (SSSR count). The van der Waals surface area contributed by atoms with Crippen LogP contribution in [-0.2, 0) is 6.42 Å². The molecule has 3 heteroatoms. The fourth-order valence-electron chi connectivity index (χ4n) is 1.49. The molecule has 0 saturated carbocycles. The van der Waals surface area contributed by atoms with E-state index in [2.05, 4.69) is 16.5 Å². The van der Waals surface area contributed by atoms with E-state index in [1.807, 2.05) is 24.3 Å². The lowest BCUT2D eigenvalue weighted by Crippen LogP contribution is -1.93. The SMILES string of the molecule is C=CCc1ccnc2ccc(OC)nc12. The minimum atomic E-state index is 0.612. The smallest absolute Gasteiger partial charge is 0.213 e. The summed E-state index contributed by atoms with van der Waals surface area (Å²) in [5.74, 6) is 0.612. The van der Waals surface area contributed by atoms with E-state index in [0.29, 0.717) is 5.88 Å². The standard InChI is InChI=1S/C12H12N2O/c1-3-4-9-7-8-13-10-5-6-11(15-2)14-12(9)10/h3,5-8H,1,4H2,2H3. The van der Waals surface area contributed by atoms with Crippen molar-refractivity contribution in [2.24, 2.45) is 0 Å². The van der Waals surface area contributed by atoms with Crippen LogP contribution in [0.2, 0.25) is 0 Å². The Kier molecular flexibility index (Phi) is 2.63. The molecule has 15 heavy (non-hydrogen) atoms. The number of ether oxygens (including phenoxy) is 1. The third kappa shape index (κ3) is 1.81. The molecule has 0 atom stereocenters. The second-order valence-corrected chi connectivity index (χ2v) is 3.18. The molecule has 76 valence electrons. The summed E-state index contributed by atoms with van der Waals surface area (Å²) in [5, 5.41) is 0. The maximum atomic E-state index is 5.09. The molecule has 3 nitrogen and oxygen atoms in total. The normalized spacial score (nSPS) is 10.2. The summed E-state index contributed by atoms with van der Waals surface area (Å²) >= 11 is 0. The lowest BCUT2D eigenvalue weighted by atomic mass is 10.1. The van der Waals surface area contributed by atoms with Gasteiger partial charge in [0.05, 0.1) is 18.1 Å². The van der Waals surface area contributed by atoms with Crippen molar-refractivity contribution in [2.45, 2.75) is 6.42 Å². The lowest BCUT2D eigenvalue weighted by molar-refractivity contribution is 0.399. The number of nitrogens with zero attached hydrogens (tertiary/aromatic N) is 2. The zero-order valence-corrected chi connectivity index (χ0v) is 8.60. The van der Waals surface area contributed by atoms with E-state index in [1.54, 1.807) is 13.3 Å². The Morgan fingerprint density at radius 1 is 1.40 bits per heavy atom. The van der Waals surface area contributed by atoms with Crippen molar-refractivity contribution in [3.63, 3.8) is 0 Å². The Bertz CT molecular complexity index is 494. The molecule has 0 aromatic carbocycles. The van der Waals surface area contributed by atoms with Gasteiger partial charge in [0.2, 0.25) is 5.88 Å². The van der Waals surface area contributed by atoms with Gasteiger partial charge in [0, 0.05) is 12.3 Å². The first-order valence-electron chi connectivity index (χ1n) is 4.74. The van der Waals surface area contributed by atoms with Crippen LogP contribution in [-0.4, -0.2) is 17.1 Å². The Labute approximate surface area is 88.4 Å². The molecule has 0 aliphatic carbocycles. The van der Waals surface area contributed by atoms with E-state index >= 15 is 0 Å². The molecular weight excluding hydrogens is 188 g/mol. The summed E-state index contributed by atoms with van der Waals surface area (Å²) in [6, 6.07) is 5.68. The van der Waals surface area contributed by atoms with Crippen LogP contribution in [0.5, 0.6) is 5.88 Å². The van der Waals surface area contributed by atoms with Gasteiger partial charge in [-0.25, -0.2) is 4.98 Å². The molecule has 2 heterocycles. The first-order valence-corrected chi connectivity index (χ1v) is 4.74. The number of pyridine rings is 2. The van der Waals surface area contributed by atoms with Gasteiger partial charge in [0.1, 0.15) is 0 Å². The van der Waals surface area contributed by atoms with Crippen LogP contribution < -0.4 is 4.74 Å². The van der Waals surface area contributed by atoms with Crippen LogP contribution in [0.1, 0.15) is 5.56 Å². The molecule has 2 aromatic rings. The molecule has 0 radical (unpaired) electrons. The maximum Gasteiger partial charge on any atom is 0.213 e. The summed E-state index contributed by atoms with van der Waals surface area (Å²) in [4.78, 5) is 8.63. The van der Waals surface area contributed by atoms with Gasteiger partial charge in [-0.15, -0.1) is 6.58 Å². The number of allylic oxidation sites excluding steroid dienone is 1. The highest BCUT2D eigenvalue weighted by Gasteiger charge is 2.03. The van der Waals surface area contributed by atoms with Crippen LogP contribution in [0.3, 0.4) is 0 Å². The zero-order valence-electron chi connectivity index (χ0n) is 8.60. The fraction of sp³-hybridized carbons (Fsp3) is 0.167. The van der Waals surface area contributed by atoms with Crippen molar-refractivity contribution >= 4 is 11.0 Å². The zero-order chi connectivity index (χ0) is 10.7. The van der Waals surface area contributed by atoms with E-state index in [4.69, 9.17) is 4.74 Å². The number of aromatic nitrogens is 2. The molecule has 0 bridgehead atoms. The van der Waals surface area contributed by atoms with Crippen LogP contribution in [0.15, 0.2) is 37.1 Å². The maximum absolute atomic E-state index is 5.09. The van der Waals surface area contributed by atoms with E-state index in [9.17, 15) is 0 Å². The number of rotatable bonds is 3. The second kappa shape index (κ2) is 4.09. The molecular formula is C12H12N2O. The Morgan fingerprint density at radius 2 is 2.27 bits per heavy atom. The molecule has 0 fully saturated rings. The summed E-state index contributed by atoms with van der Waals surface area (Å²) in [5.41, 5.74) is 2.89. The van der Waals surface area contributed by atoms with Gasteiger partial charge in [-0.05, 0) is 24.1 Å². The Hall–Kier alpha value is -1.90. The second-order valence-electron chi connectivity index (χ2n) is 3.18. The highest BCUT2D eigenvalue weighted by Crippen LogP contribution is 2.18. The van der Waals surface area contributed by atoms with Crippen LogP contribution in [0.4, 0.5) is 0 Å². The molecule has 2 aromatic heterocycles. The van der Waals surface area contributed by atoms with Gasteiger partial charge >= 0.3 is 0 Å². The highest BCUT2D eigenvalue weighted by molar-refractivity contribution is 5.78. The fourth-order valence-corrected chi connectivity index (χ4v) is 1.49. The van der Waals surface area contributed by atoms with Crippen LogP contribution >= 0.6 is 0 Å².